The van der Waals surface area contributed by atoms with Crippen molar-refractivity contribution in [2.24, 2.45) is 0 Å². The first-order chi connectivity index (χ1) is 6.27. The van der Waals surface area contributed by atoms with Crippen LogP contribution in [-0.4, -0.2) is 15.2 Å². The molecule has 0 aliphatic rings. The first-order valence-corrected chi connectivity index (χ1v) is 4.15. The Labute approximate surface area is 79.6 Å². The zero-order valence-corrected chi connectivity index (χ0v) is 7.76. The molecular weight excluding hydrogens is 186 g/mol. The standard InChI is InChI=1S/C8H7N3OS/c1-5-3-2-4-9-6(5)7-10-11-8(13)12-7/h2-4H,1H3,(H,11,13). The molecule has 2 aromatic heterocycles. The molecule has 0 radical (unpaired) electrons. The lowest BCUT2D eigenvalue weighted by Crippen LogP contribution is -1.86. The number of hydrogen-bond donors (Lipinski definition) is 1. The van der Waals surface area contributed by atoms with E-state index < -0.39 is 0 Å². The quantitative estimate of drug-likeness (QED) is 0.705. The van der Waals surface area contributed by atoms with Gasteiger partial charge in [-0.1, -0.05) is 6.07 Å². The Hall–Kier alpha value is -1.49. The molecule has 0 aliphatic carbocycles. The predicted molar refractivity (Wildman–Crippen MR) is 49.7 cm³/mol. The fourth-order valence-corrected chi connectivity index (χ4v) is 1.17. The van der Waals surface area contributed by atoms with Gasteiger partial charge in [-0.15, -0.1) is 5.10 Å². The van der Waals surface area contributed by atoms with Crippen molar-refractivity contribution in [2.75, 3.05) is 0 Å². The van der Waals surface area contributed by atoms with Crippen LogP contribution in [0.4, 0.5) is 0 Å². The molecule has 0 fully saturated rings. The number of nitrogens with zero attached hydrogens (tertiary/aromatic N) is 2. The van der Waals surface area contributed by atoms with Crippen molar-refractivity contribution in [3.8, 4) is 11.6 Å². The number of aromatic amines is 1. The van der Waals surface area contributed by atoms with Gasteiger partial charge in [-0.05, 0) is 30.8 Å². The molecule has 0 bridgehead atoms. The first kappa shape index (κ1) is 8.12. The molecule has 0 atom stereocenters. The summed E-state index contributed by atoms with van der Waals surface area (Å²) in [5, 5.41) is 6.44. The van der Waals surface area contributed by atoms with Crippen molar-refractivity contribution in [2.45, 2.75) is 6.92 Å². The molecule has 66 valence electrons. The zero-order valence-electron chi connectivity index (χ0n) is 6.94. The fourth-order valence-electron chi connectivity index (χ4n) is 1.04. The van der Waals surface area contributed by atoms with Crippen molar-refractivity contribution in [1.82, 2.24) is 15.2 Å². The third-order valence-corrected chi connectivity index (χ3v) is 1.82. The summed E-state index contributed by atoms with van der Waals surface area (Å²) < 4.78 is 5.14. The number of H-pyrrole nitrogens is 1. The van der Waals surface area contributed by atoms with Crippen LogP contribution >= 0.6 is 12.2 Å². The maximum absolute atomic E-state index is 5.14. The van der Waals surface area contributed by atoms with Crippen LogP contribution in [0.2, 0.25) is 0 Å². The Morgan fingerprint density at radius 2 is 2.38 bits per heavy atom. The minimum atomic E-state index is 0.264. The highest BCUT2D eigenvalue weighted by atomic mass is 32.1. The van der Waals surface area contributed by atoms with E-state index in [1.54, 1.807) is 6.20 Å². The van der Waals surface area contributed by atoms with Crippen molar-refractivity contribution in [3.05, 3.63) is 28.7 Å². The van der Waals surface area contributed by atoms with Crippen LogP contribution in [0.15, 0.2) is 22.7 Å². The maximum Gasteiger partial charge on any atom is 0.284 e. The van der Waals surface area contributed by atoms with Gasteiger partial charge in [0.25, 0.3) is 10.7 Å². The SMILES string of the molecule is Cc1cccnc1-c1n[nH]c(=S)o1. The van der Waals surface area contributed by atoms with Crippen LogP contribution in [0.25, 0.3) is 11.6 Å². The molecule has 0 unspecified atom stereocenters. The maximum atomic E-state index is 5.14. The highest BCUT2D eigenvalue weighted by molar-refractivity contribution is 7.71. The van der Waals surface area contributed by atoms with Gasteiger partial charge in [-0.3, -0.25) is 4.98 Å². The minimum absolute atomic E-state index is 0.264. The molecule has 0 amide bonds. The molecule has 13 heavy (non-hydrogen) atoms. The number of hydrogen-bond acceptors (Lipinski definition) is 4. The van der Waals surface area contributed by atoms with E-state index in [0.717, 1.165) is 11.3 Å². The average Bonchev–Trinajstić information content (AvgIpc) is 2.53. The van der Waals surface area contributed by atoms with Gasteiger partial charge in [-0.2, -0.15) is 0 Å². The second kappa shape index (κ2) is 3.10. The minimum Gasteiger partial charge on any atom is -0.408 e. The van der Waals surface area contributed by atoms with Crippen LogP contribution in [0, 0.1) is 11.8 Å². The van der Waals surface area contributed by atoms with E-state index in [0.29, 0.717) is 5.89 Å². The fraction of sp³-hybridized carbons (Fsp3) is 0.125. The molecular formula is C8H7N3OS. The van der Waals surface area contributed by atoms with Gasteiger partial charge in [0, 0.05) is 6.20 Å². The molecule has 0 aromatic carbocycles. The summed E-state index contributed by atoms with van der Waals surface area (Å²) >= 11 is 4.76. The van der Waals surface area contributed by atoms with Gasteiger partial charge in [0.1, 0.15) is 5.69 Å². The second-order valence-electron chi connectivity index (χ2n) is 2.59. The summed E-state index contributed by atoms with van der Waals surface area (Å²) in [6, 6.07) is 3.80. The van der Waals surface area contributed by atoms with Gasteiger partial charge in [0.05, 0.1) is 0 Å². The molecule has 2 heterocycles. The van der Waals surface area contributed by atoms with Crippen LogP contribution in [0.3, 0.4) is 0 Å². The number of pyridine rings is 1. The van der Waals surface area contributed by atoms with Crippen molar-refractivity contribution in [3.63, 3.8) is 0 Å². The van der Waals surface area contributed by atoms with Gasteiger partial charge >= 0.3 is 0 Å². The lowest BCUT2D eigenvalue weighted by Gasteiger charge is -1.96. The highest BCUT2D eigenvalue weighted by Crippen LogP contribution is 2.17. The number of aromatic nitrogens is 3. The third-order valence-electron chi connectivity index (χ3n) is 1.65. The molecule has 0 spiro atoms. The largest absolute Gasteiger partial charge is 0.408 e. The summed E-state index contributed by atoms with van der Waals surface area (Å²) in [5.41, 5.74) is 1.72. The molecule has 2 rings (SSSR count). The lowest BCUT2D eigenvalue weighted by molar-refractivity contribution is 0.549. The summed E-state index contributed by atoms with van der Waals surface area (Å²) in [7, 11) is 0. The van der Waals surface area contributed by atoms with Gasteiger partial charge in [0.15, 0.2) is 0 Å². The zero-order chi connectivity index (χ0) is 9.26. The highest BCUT2D eigenvalue weighted by Gasteiger charge is 2.07. The lowest BCUT2D eigenvalue weighted by atomic mass is 10.2. The Balaban J connectivity index is 2.58. The van der Waals surface area contributed by atoms with E-state index in [1.807, 2.05) is 19.1 Å². The van der Waals surface area contributed by atoms with E-state index in [1.165, 1.54) is 0 Å². The summed E-state index contributed by atoms with van der Waals surface area (Å²) in [5.74, 6) is 0.433. The van der Waals surface area contributed by atoms with E-state index in [9.17, 15) is 0 Å². The van der Waals surface area contributed by atoms with Crippen LogP contribution < -0.4 is 0 Å². The van der Waals surface area contributed by atoms with Crippen LogP contribution in [0.5, 0.6) is 0 Å². The predicted octanol–water partition coefficient (Wildman–Crippen LogP) is 2.10. The molecule has 4 nitrogen and oxygen atoms in total. The van der Waals surface area contributed by atoms with Crippen molar-refractivity contribution >= 4 is 12.2 Å². The molecule has 1 N–H and O–H groups in total. The van der Waals surface area contributed by atoms with Gasteiger partial charge < -0.3 is 4.42 Å². The first-order valence-electron chi connectivity index (χ1n) is 3.75. The normalized spacial score (nSPS) is 10.2. The number of nitrogens with one attached hydrogen (secondary N) is 1. The molecule has 0 saturated heterocycles. The van der Waals surface area contributed by atoms with E-state index in [2.05, 4.69) is 15.2 Å². The van der Waals surface area contributed by atoms with Crippen molar-refractivity contribution in [1.29, 1.82) is 0 Å². The molecule has 0 aliphatic heterocycles. The van der Waals surface area contributed by atoms with Crippen LogP contribution in [-0.2, 0) is 0 Å². The van der Waals surface area contributed by atoms with E-state index >= 15 is 0 Å². The average molecular weight is 193 g/mol. The molecule has 0 saturated carbocycles. The summed E-state index contributed by atoms with van der Waals surface area (Å²) in [4.78, 5) is 4.40. The van der Waals surface area contributed by atoms with Gasteiger partial charge in [-0.25, -0.2) is 5.10 Å². The second-order valence-corrected chi connectivity index (χ2v) is 2.96. The Kier molecular flexibility index (Phi) is 1.94. The smallest absolute Gasteiger partial charge is 0.284 e. The summed E-state index contributed by atoms with van der Waals surface area (Å²) in [6.07, 6.45) is 1.69. The van der Waals surface area contributed by atoms with E-state index in [-0.39, 0.29) is 4.84 Å². The number of aryl methyl sites for hydroxylation is 1. The Bertz CT molecular complexity index is 474. The summed E-state index contributed by atoms with van der Waals surface area (Å²) in [6.45, 7) is 1.94. The van der Waals surface area contributed by atoms with Gasteiger partial charge in [0.2, 0.25) is 0 Å². The topological polar surface area (TPSA) is 54.7 Å². The van der Waals surface area contributed by atoms with Crippen LogP contribution in [0.1, 0.15) is 5.56 Å². The monoisotopic (exact) mass is 193 g/mol. The molecule has 2 aromatic rings. The van der Waals surface area contributed by atoms with E-state index in [4.69, 9.17) is 16.6 Å². The Morgan fingerprint density at radius 1 is 1.54 bits per heavy atom. The Morgan fingerprint density at radius 3 is 3.00 bits per heavy atom. The van der Waals surface area contributed by atoms with Crippen molar-refractivity contribution < 1.29 is 4.42 Å². The number of rotatable bonds is 1. The molecule has 5 heteroatoms. The third kappa shape index (κ3) is 1.50.